The van der Waals surface area contributed by atoms with Gasteiger partial charge in [-0.1, -0.05) is 12.8 Å². The van der Waals surface area contributed by atoms with Gasteiger partial charge in [-0.05, 0) is 81.5 Å². The maximum absolute atomic E-state index is 12.9. The first-order valence-electron chi connectivity index (χ1n) is 10.8. The lowest BCUT2D eigenvalue weighted by Crippen LogP contribution is -2.48. The van der Waals surface area contributed by atoms with Crippen LogP contribution in [0.1, 0.15) is 95.5 Å². The Morgan fingerprint density at radius 1 is 1.19 bits per heavy atom. The normalized spacial score (nSPS) is 37.2. The topological polar surface area (TPSA) is 59.8 Å². The number of carbonyl (C=O) groups is 1. The van der Waals surface area contributed by atoms with E-state index in [4.69, 9.17) is 0 Å². The van der Waals surface area contributed by atoms with Crippen LogP contribution in [0.3, 0.4) is 0 Å². The summed E-state index contributed by atoms with van der Waals surface area (Å²) in [6.07, 6.45) is 15.7. The van der Waals surface area contributed by atoms with Crippen molar-refractivity contribution in [3.8, 4) is 0 Å². The van der Waals surface area contributed by atoms with Gasteiger partial charge in [-0.15, -0.1) is 10.2 Å². The number of amides is 1. The molecule has 1 N–H and O–H groups in total. The summed E-state index contributed by atoms with van der Waals surface area (Å²) < 4.78 is 2.21. The van der Waals surface area contributed by atoms with Crippen molar-refractivity contribution in [1.29, 1.82) is 0 Å². The van der Waals surface area contributed by atoms with Crippen molar-refractivity contribution in [2.24, 2.45) is 23.2 Å². The van der Waals surface area contributed by atoms with Gasteiger partial charge in [0.25, 0.3) is 0 Å². The van der Waals surface area contributed by atoms with Crippen molar-refractivity contribution in [1.82, 2.24) is 20.1 Å². The summed E-state index contributed by atoms with van der Waals surface area (Å²) >= 11 is 0. The molecule has 5 fully saturated rings. The van der Waals surface area contributed by atoms with E-state index in [2.05, 4.69) is 27.0 Å². The van der Waals surface area contributed by atoms with Crippen molar-refractivity contribution in [3.05, 3.63) is 12.2 Å². The number of aromatic nitrogens is 3. The van der Waals surface area contributed by atoms with Crippen LogP contribution >= 0.6 is 0 Å². The summed E-state index contributed by atoms with van der Waals surface area (Å²) in [5, 5.41) is 11.7. The quantitative estimate of drug-likeness (QED) is 0.861. The average molecular weight is 357 g/mol. The smallest absolute Gasteiger partial charge is 0.221 e. The van der Waals surface area contributed by atoms with Crippen LogP contribution in [-0.2, 0) is 4.79 Å². The molecule has 1 atom stereocenters. The molecule has 5 aliphatic carbocycles. The molecule has 1 heterocycles. The van der Waals surface area contributed by atoms with E-state index in [0.717, 1.165) is 30.0 Å². The number of nitrogens with one attached hydrogen (secondary N) is 1. The van der Waals surface area contributed by atoms with E-state index in [1.54, 1.807) is 0 Å². The molecule has 5 nitrogen and oxygen atoms in total. The molecular weight excluding hydrogens is 324 g/mol. The van der Waals surface area contributed by atoms with Crippen molar-refractivity contribution < 1.29 is 4.79 Å². The molecule has 6 rings (SSSR count). The van der Waals surface area contributed by atoms with Crippen LogP contribution in [0, 0.1) is 23.2 Å². The highest BCUT2D eigenvalue weighted by atomic mass is 16.1. The number of rotatable bonds is 5. The van der Waals surface area contributed by atoms with Gasteiger partial charge >= 0.3 is 0 Å². The van der Waals surface area contributed by atoms with E-state index in [-0.39, 0.29) is 11.9 Å². The minimum atomic E-state index is -0.0560. The third-order valence-electron chi connectivity index (χ3n) is 7.78. The summed E-state index contributed by atoms with van der Waals surface area (Å²) in [4.78, 5) is 12.9. The first kappa shape index (κ1) is 16.8. The molecule has 142 valence electrons. The zero-order chi connectivity index (χ0) is 17.7. The Balaban J connectivity index is 1.24. The van der Waals surface area contributed by atoms with Gasteiger partial charge in [0, 0.05) is 12.5 Å². The largest absolute Gasteiger partial charge is 0.346 e. The molecule has 1 aromatic heterocycles. The lowest BCUT2D eigenvalue weighted by molar-refractivity contribution is -0.130. The third-order valence-corrected chi connectivity index (χ3v) is 7.78. The summed E-state index contributed by atoms with van der Waals surface area (Å²) in [5.74, 6) is 3.85. The molecular formula is C21H32N4O. The van der Waals surface area contributed by atoms with Gasteiger partial charge in [-0.2, -0.15) is 0 Å². The first-order valence-corrected chi connectivity index (χ1v) is 10.8. The fourth-order valence-electron chi connectivity index (χ4n) is 7.23. The second kappa shape index (κ2) is 6.35. The number of carbonyl (C=O) groups excluding carboxylic acids is 1. The Morgan fingerprint density at radius 2 is 1.81 bits per heavy atom. The highest BCUT2D eigenvalue weighted by molar-refractivity contribution is 5.77. The predicted octanol–water partition coefficient (Wildman–Crippen LogP) is 4.18. The second-order valence-electron chi connectivity index (χ2n) is 9.92. The van der Waals surface area contributed by atoms with Gasteiger partial charge in [-0.3, -0.25) is 4.79 Å². The van der Waals surface area contributed by atoms with Crippen molar-refractivity contribution in [2.45, 2.75) is 89.6 Å². The highest BCUT2D eigenvalue weighted by Crippen LogP contribution is 2.61. The van der Waals surface area contributed by atoms with E-state index in [1.165, 1.54) is 64.2 Å². The van der Waals surface area contributed by atoms with Crippen molar-refractivity contribution in [2.75, 3.05) is 0 Å². The Labute approximate surface area is 156 Å². The van der Waals surface area contributed by atoms with Crippen LogP contribution in [0.5, 0.6) is 0 Å². The van der Waals surface area contributed by atoms with E-state index in [1.807, 2.05) is 6.33 Å². The van der Waals surface area contributed by atoms with Gasteiger partial charge in [0.15, 0.2) is 5.82 Å². The second-order valence-corrected chi connectivity index (χ2v) is 9.92. The maximum atomic E-state index is 12.9. The Morgan fingerprint density at radius 3 is 2.42 bits per heavy atom. The molecule has 26 heavy (non-hydrogen) atoms. The summed E-state index contributed by atoms with van der Waals surface area (Å²) in [5.41, 5.74) is 0.303. The Kier molecular flexibility index (Phi) is 4.09. The molecule has 0 spiro atoms. The molecule has 0 aromatic carbocycles. The lowest BCUT2D eigenvalue weighted by atomic mass is 9.49. The first-order chi connectivity index (χ1) is 12.6. The molecule has 0 radical (unpaired) electrons. The molecule has 5 aliphatic rings. The average Bonchev–Trinajstić information content (AvgIpc) is 3.24. The van der Waals surface area contributed by atoms with Crippen LogP contribution in [0.2, 0.25) is 0 Å². The minimum Gasteiger partial charge on any atom is -0.346 e. The fourth-order valence-corrected chi connectivity index (χ4v) is 7.23. The molecule has 5 saturated carbocycles. The van der Waals surface area contributed by atoms with E-state index >= 15 is 0 Å². The number of nitrogens with zero attached hydrogens (tertiary/aromatic N) is 3. The summed E-state index contributed by atoms with van der Waals surface area (Å²) in [6, 6.07) is 0.460. The molecule has 0 unspecified atom stereocenters. The van der Waals surface area contributed by atoms with Crippen LogP contribution in [0.15, 0.2) is 6.33 Å². The third kappa shape index (κ3) is 2.97. The lowest BCUT2D eigenvalue weighted by Gasteiger charge is -2.56. The zero-order valence-electron chi connectivity index (χ0n) is 16.0. The Bertz CT molecular complexity index is 640. The Hall–Kier alpha value is -1.39. The molecule has 1 aromatic rings. The highest BCUT2D eigenvalue weighted by Gasteiger charge is 2.51. The minimum absolute atomic E-state index is 0.0560. The number of hydrogen-bond donors (Lipinski definition) is 1. The SMILES string of the molecule is C[C@H](NC(=O)CC12CC3CC(CC(C3)C1)C2)c1nncn1C1CCCC1. The van der Waals surface area contributed by atoms with Crippen LogP contribution in [-0.4, -0.2) is 20.7 Å². The molecule has 0 saturated heterocycles. The van der Waals surface area contributed by atoms with Gasteiger partial charge in [0.1, 0.15) is 6.33 Å². The van der Waals surface area contributed by atoms with Gasteiger partial charge < -0.3 is 9.88 Å². The standard InChI is InChI=1S/C21H32N4O/c1-14(20-24-22-13-25(20)18-4-2-3-5-18)23-19(26)12-21-9-15-6-16(10-21)8-17(7-15)11-21/h13-18H,2-12H2,1H3,(H,23,26)/t14-,15?,16?,17?,21?/m0/s1. The van der Waals surface area contributed by atoms with E-state index in [0.29, 0.717) is 11.5 Å². The van der Waals surface area contributed by atoms with E-state index in [9.17, 15) is 4.79 Å². The molecule has 1 amide bonds. The van der Waals surface area contributed by atoms with Crippen molar-refractivity contribution >= 4 is 5.91 Å². The van der Waals surface area contributed by atoms with Gasteiger partial charge in [0.05, 0.1) is 6.04 Å². The van der Waals surface area contributed by atoms with E-state index < -0.39 is 0 Å². The van der Waals surface area contributed by atoms with Crippen LogP contribution in [0.25, 0.3) is 0 Å². The zero-order valence-corrected chi connectivity index (χ0v) is 16.0. The molecule has 5 heteroatoms. The summed E-state index contributed by atoms with van der Waals surface area (Å²) in [6.45, 7) is 2.06. The summed E-state index contributed by atoms with van der Waals surface area (Å²) in [7, 11) is 0. The molecule has 4 bridgehead atoms. The van der Waals surface area contributed by atoms with Crippen molar-refractivity contribution in [3.63, 3.8) is 0 Å². The monoisotopic (exact) mass is 356 g/mol. The predicted molar refractivity (Wildman–Crippen MR) is 99.3 cm³/mol. The van der Waals surface area contributed by atoms with Gasteiger partial charge in [0.2, 0.25) is 5.91 Å². The molecule has 0 aliphatic heterocycles. The number of hydrogen-bond acceptors (Lipinski definition) is 3. The van der Waals surface area contributed by atoms with Gasteiger partial charge in [-0.25, -0.2) is 0 Å². The van der Waals surface area contributed by atoms with Crippen LogP contribution in [0.4, 0.5) is 0 Å². The van der Waals surface area contributed by atoms with Crippen LogP contribution < -0.4 is 5.32 Å². The fraction of sp³-hybridized carbons (Fsp3) is 0.857. The maximum Gasteiger partial charge on any atom is 0.221 e.